The second-order valence-electron chi connectivity index (χ2n) is 7.94. The molecule has 0 aromatic heterocycles. The molecule has 1 nitrogen and oxygen atoms in total. The lowest BCUT2D eigenvalue weighted by molar-refractivity contribution is 0.0948. The van der Waals surface area contributed by atoms with Gasteiger partial charge in [-0.1, -0.05) is 77.8 Å². The van der Waals surface area contributed by atoms with Gasteiger partial charge in [-0.2, -0.15) is 0 Å². The van der Waals surface area contributed by atoms with Crippen LogP contribution < -0.4 is 0 Å². The van der Waals surface area contributed by atoms with Crippen molar-refractivity contribution < 1.29 is 4.79 Å². The van der Waals surface area contributed by atoms with Gasteiger partial charge in [0.05, 0.1) is 5.25 Å². The number of unbranched alkanes of at least 4 members (excludes halogenated alkanes) is 2. The maximum absolute atomic E-state index is 13.4. The van der Waals surface area contributed by atoms with Crippen LogP contribution in [0.2, 0.25) is 0 Å². The lowest BCUT2D eigenvalue weighted by atomic mass is 9.87. The molecule has 132 valence electrons. The number of rotatable bonds is 9. The van der Waals surface area contributed by atoms with E-state index in [1.54, 1.807) is 0 Å². The summed E-state index contributed by atoms with van der Waals surface area (Å²) in [7, 11) is -0.959. The van der Waals surface area contributed by atoms with Crippen molar-refractivity contribution in [2.75, 3.05) is 17.8 Å². The Balaban J connectivity index is 3.22. The predicted octanol–water partition coefficient (Wildman–Crippen LogP) is 6.32. The Morgan fingerprint density at radius 3 is 1.87 bits per heavy atom. The van der Waals surface area contributed by atoms with Crippen molar-refractivity contribution >= 4 is 15.8 Å². The largest absolute Gasteiger partial charge is 0.293 e. The van der Waals surface area contributed by atoms with Crippen molar-refractivity contribution in [3.8, 4) is 0 Å². The van der Waals surface area contributed by atoms with Crippen LogP contribution in [0.5, 0.6) is 0 Å². The fourth-order valence-electron chi connectivity index (χ4n) is 3.54. The first kappa shape index (κ1) is 20.3. The van der Waals surface area contributed by atoms with Crippen molar-refractivity contribution in [3.05, 3.63) is 35.9 Å². The Labute approximate surface area is 145 Å². The lowest BCUT2D eigenvalue weighted by Crippen LogP contribution is -2.41. The maximum Gasteiger partial charge on any atom is 0.174 e. The molecule has 1 aromatic rings. The van der Waals surface area contributed by atoms with Gasteiger partial charge >= 0.3 is 0 Å². The number of hydrogen-bond acceptors (Lipinski definition) is 1. The van der Waals surface area contributed by atoms with Gasteiger partial charge in [0, 0.05) is 5.56 Å². The Bertz CT molecular complexity index is 464. The molecule has 0 N–H and O–H groups in total. The molecule has 1 unspecified atom stereocenters. The summed E-state index contributed by atoms with van der Waals surface area (Å²) in [5, 5.41) is 0.149. The van der Waals surface area contributed by atoms with Gasteiger partial charge in [-0.25, -0.2) is 10.0 Å². The summed E-state index contributed by atoms with van der Waals surface area (Å²) >= 11 is 0. The highest BCUT2D eigenvalue weighted by atomic mass is 32.3. The van der Waals surface area contributed by atoms with Crippen molar-refractivity contribution in [1.82, 2.24) is 0 Å². The zero-order valence-electron chi connectivity index (χ0n) is 16.0. The normalized spacial score (nSPS) is 14.5. The number of hydrogen-bond donors (Lipinski definition) is 0. The molecule has 0 aliphatic carbocycles. The van der Waals surface area contributed by atoms with E-state index in [1.165, 1.54) is 37.2 Å². The average Bonchev–Trinajstić information content (AvgIpc) is 2.50. The molecule has 1 aromatic carbocycles. The van der Waals surface area contributed by atoms with Crippen LogP contribution in [0.3, 0.4) is 0 Å². The van der Waals surface area contributed by atoms with E-state index in [9.17, 15) is 4.79 Å². The van der Waals surface area contributed by atoms with Crippen LogP contribution in [-0.2, 0) is 0 Å². The van der Waals surface area contributed by atoms with E-state index in [1.807, 2.05) is 30.3 Å². The van der Waals surface area contributed by atoms with Gasteiger partial charge < -0.3 is 0 Å². The van der Waals surface area contributed by atoms with Gasteiger partial charge in [0.2, 0.25) is 0 Å². The Morgan fingerprint density at radius 2 is 1.48 bits per heavy atom. The smallest absolute Gasteiger partial charge is 0.174 e. The lowest BCUT2D eigenvalue weighted by Gasteiger charge is -2.49. The molecule has 0 saturated heterocycles. The third-order valence-electron chi connectivity index (χ3n) is 4.58. The van der Waals surface area contributed by atoms with Gasteiger partial charge in [-0.15, -0.1) is 0 Å². The highest BCUT2D eigenvalue weighted by Gasteiger charge is 2.42. The zero-order chi connectivity index (χ0) is 17.5. The fraction of sp³-hybridized carbons (Fsp3) is 0.667. The summed E-state index contributed by atoms with van der Waals surface area (Å²) < 4.78 is 0. The van der Waals surface area contributed by atoms with Crippen LogP contribution in [0.15, 0.2) is 30.3 Å². The first-order valence-corrected chi connectivity index (χ1v) is 11.5. The molecule has 1 atom stereocenters. The number of carbonyl (C=O) groups excluding carboxylic acids is 1. The molecule has 0 fully saturated rings. The first-order valence-electron chi connectivity index (χ1n) is 9.08. The molecule has 1 rings (SSSR count). The van der Waals surface area contributed by atoms with E-state index >= 15 is 0 Å². The molecule has 23 heavy (non-hydrogen) atoms. The topological polar surface area (TPSA) is 17.1 Å². The van der Waals surface area contributed by atoms with Crippen LogP contribution in [0.4, 0.5) is 0 Å². The highest BCUT2D eigenvalue weighted by Crippen LogP contribution is 2.57. The van der Waals surface area contributed by atoms with Crippen LogP contribution in [0.1, 0.15) is 70.7 Å². The maximum atomic E-state index is 13.4. The Kier molecular flexibility index (Phi) is 7.86. The fourth-order valence-corrected chi connectivity index (χ4v) is 8.48. The van der Waals surface area contributed by atoms with E-state index in [2.05, 4.69) is 40.9 Å². The van der Waals surface area contributed by atoms with Crippen molar-refractivity contribution in [2.45, 2.75) is 65.6 Å². The third kappa shape index (κ3) is 5.67. The second-order valence-corrected chi connectivity index (χ2v) is 11.9. The number of benzene rings is 1. The highest BCUT2D eigenvalue weighted by molar-refractivity contribution is 8.34. The molecular weight excluding hydrogens is 300 g/mol. The summed E-state index contributed by atoms with van der Waals surface area (Å²) in [6, 6.07) is 9.93. The van der Waals surface area contributed by atoms with Crippen molar-refractivity contribution in [1.29, 1.82) is 0 Å². The van der Waals surface area contributed by atoms with Crippen LogP contribution in [-0.4, -0.2) is 28.8 Å². The van der Waals surface area contributed by atoms with E-state index in [0.29, 0.717) is 5.78 Å². The van der Waals surface area contributed by atoms with Gasteiger partial charge in [0.1, 0.15) is 0 Å². The molecule has 0 amide bonds. The van der Waals surface area contributed by atoms with E-state index in [0.717, 1.165) is 5.56 Å². The summed E-state index contributed by atoms with van der Waals surface area (Å²) in [6.07, 6.45) is 7.35. The summed E-state index contributed by atoms with van der Waals surface area (Å²) in [5.74, 6) is 2.82. The number of Topliss-reactive ketones (excluding diaryl/α,β-unsaturated/α-hetero) is 1. The number of carbonyl (C=O) groups is 1. The van der Waals surface area contributed by atoms with Crippen LogP contribution in [0.25, 0.3) is 0 Å². The van der Waals surface area contributed by atoms with Gasteiger partial charge in [-0.3, -0.25) is 4.79 Å². The minimum Gasteiger partial charge on any atom is -0.293 e. The minimum absolute atomic E-state index is 0.0124. The van der Waals surface area contributed by atoms with Crippen LogP contribution >= 0.6 is 10.0 Å². The van der Waals surface area contributed by atoms with Crippen molar-refractivity contribution in [3.63, 3.8) is 0 Å². The monoisotopic (exact) mass is 336 g/mol. The van der Waals surface area contributed by atoms with Gasteiger partial charge in [-0.05, 0) is 36.0 Å². The molecule has 2 heteroatoms. The van der Waals surface area contributed by atoms with E-state index in [4.69, 9.17) is 0 Å². The summed E-state index contributed by atoms with van der Waals surface area (Å²) in [6.45, 7) is 11.3. The molecule has 0 bridgehead atoms. The van der Waals surface area contributed by atoms with E-state index in [-0.39, 0.29) is 10.7 Å². The molecule has 0 spiro atoms. The molecule has 0 saturated carbocycles. The first-order chi connectivity index (χ1) is 10.8. The molecular formula is C21H36OS. The SMILES string of the molecule is CCCCS(C)(CCCC)C(C(=O)c1ccccc1)C(C)(C)C. The standard InChI is InChI=1S/C21H36OS/c1-7-9-16-23(6,17-10-8-2)20(21(3,4)5)19(22)18-14-12-11-13-15-18/h11-15,20H,7-10,16-17H2,1-6H3. The molecule has 0 heterocycles. The van der Waals surface area contributed by atoms with Gasteiger partial charge in [0.15, 0.2) is 5.78 Å². The van der Waals surface area contributed by atoms with Crippen LogP contribution in [0, 0.1) is 5.41 Å². The quantitative estimate of drug-likeness (QED) is 0.482. The van der Waals surface area contributed by atoms with E-state index < -0.39 is 10.0 Å². The summed E-state index contributed by atoms with van der Waals surface area (Å²) in [4.78, 5) is 13.4. The van der Waals surface area contributed by atoms with Crippen molar-refractivity contribution in [2.24, 2.45) is 5.41 Å². The minimum atomic E-state index is -0.959. The zero-order valence-corrected chi connectivity index (χ0v) is 16.8. The Hall–Kier alpha value is -0.760. The van der Waals surface area contributed by atoms with Gasteiger partial charge in [0.25, 0.3) is 0 Å². The number of ketones is 1. The second kappa shape index (κ2) is 8.92. The summed E-state index contributed by atoms with van der Waals surface area (Å²) in [5.41, 5.74) is 0.900. The Morgan fingerprint density at radius 1 is 1.00 bits per heavy atom. The predicted molar refractivity (Wildman–Crippen MR) is 107 cm³/mol. The molecule has 0 radical (unpaired) electrons. The molecule has 0 aliphatic heterocycles. The average molecular weight is 337 g/mol. The molecule has 0 aliphatic rings. The third-order valence-corrected chi connectivity index (χ3v) is 9.08.